The standard InChI is InChI=1S/C11H18N2O/c1-8(2)5-12-7-11-13-6-10(14-11)9-3-4-9/h6,8-9,12H,3-5,7H2,1-2H3. The average molecular weight is 194 g/mol. The van der Waals surface area contributed by atoms with Crippen LogP contribution in [0.3, 0.4) is 0 Å². The lowest BCUT2D eigenvalue weighted by molar-refractivity contribution is 0.427. The van der Waals surface area contributed by atoms with Crippen molar-refractivity contribution in [2.24, 2.45) is 5.92 Å². The van der Waals surface area contributed by atoms with Crippen LogP contribution in [0.1, 0.15) is 44.3 Å². The van der Waals surface area contributed by atoms with Gasteiger partial charge in [0, 0.05) is 5.92 Å². The summed E-state index contributed by atoms with van der Waals surface area (Å²) in [6, 6.07) is 0. The molecule has 0 radical (unpaired) electrons. The third kappa shape index (κ3) is 2.58. The molecule has 0 spiro atoms. The van der Waals surface area contributed by atoms with Crippen molar-refractivity contribution in [1.29, 1.82) is 0 Å². The van der Waals surface area contributed by atoms with Gasteiger partial charge in [-0.2, -0.15) is 0 Å². The number of hydrogen-bond donors (Lipinski definition) is 1. The summed E-state index contributed by atoms with van der Waals surface area (Å²) < 4.78 is 5.62. The van der Waals surface area contributed by atoms with E-state index in [0.29, 0.717) is 11.8 Å². The van der Waals surface area contributed by atoms with Gasteiger partial charge in [-0.3, -0.25) is 0 Å². The Labute approximate surface area is 84.9 Å². The molecule has 1 aliphatic rings. The molecule has 78 valence electrons. The first-order valence-electron chi connectivity index (χ1n) is 5.41. The summed E-state index contributed by atoms with van der Waals surface area (Å²) in [4.78, 5) is 4.25. The van der Waals surface area contributed by atoms with Gasteiger partial charge < -0.3 is 9.73 Å². The predicted octanol–water partition coefficient (Wildman–Crippen LogP) is 2.30. The minimum Gasteiger partial charge on any atom is -0.444 e. The van der Waals surface area contributed by atoms with E-state index < -0.39 is 0 Å². The molecule has 0 atom stereocenters. The number of nitrogens with zero attached hydrogens (tertiary/aromatic N) is 1. The van der Waals surface area contributed by atoms with Crippen molar-refractivity contribution in [2.75, 3.05) is 6.54 Å². The summed E-state index contributed by atoms with van der Waals surface area (Å²) in [5, 5.41) is 3.32. The molecule has 0 bridgehead atoms. The van der Waals surface area contributed by atoms with Gasteiger partial charge in [0.1, 0.15) is 5.76 Å². The maximum absolute atomic E-state index is 5.62. The molecule has 3 nitrogen and oxygen atoms in total. The fourth-order valence-electron chi connectivity index (χ4n) is 1.43. The molecule has 1 N–H and O–H groups in total. The Morgan fingerprint density at radius 3 is 3.00 bits per heavy atom. The van der Waals surface area contributed by atoms with Gasteiger partial charge in [0.15, 0.2) is 0 Å². The smallest absolute Gasteiger partial charge is 0.208 e. The van der Waals surface area contributed by atoms with Crippen LogP contribution in [-0.4, -0.2) is 11.5 Å². The predicted molar refractivity (Wildman–Crippen MR) is 55.0 cm³/mol. The van der Waals surface area contributed by atoms with E-state index in [9.17, 15) is 0 Å². The molecule has 1 aliphatic carbocycles. The van der Waals surface area contributed by atoms with Gasteiger partial charge >= 0.3 is 0 Å². The monoisotopic (exact) mass is 194 g/mol. The van der Waals surface area contributed by atoms with Crippen molar-refractivity contribution in [1.82, 2.24) is 10.3 Å². The number of nitrogens with one attached hydrogen (secondary N) is 1. The molecule has 3 heteroatoms. The minimum absolute atomic E-state index is 0.668. The summed E-state index contributed by atoms with van der Waals surface area (Å²) in [5.74, 6) is 3.24. The molecule has 1 saturated carbocycles. The molecular weight excluding hydrogens is 176 g/mol. The molecule has 0 saturated heterocycles. The lowest BCUT2D eigenvalue weighted by atomic mass is 10.2. The number of rotatable bonds is 5. The van der Waals surface area contributed by atoms with E-state index in [1.54, 1.807) is 0 Å². The van der Waals surface area contributed by atoms with Crippen molar-refractivity contribution in [3.8, 4) is 0 Å². The Morgan fingerprint density at radius 1 is 1.57 bits per heavy atom. The van der Waals surface area contributed by atoms with Crippen LogP contribution in [-0.2, 0) is 6.54 Å². The van der Waals surface area contributed by atoms with E-state index in [4.69, 9.17) is 4.42 Å². The Bertz CT molecular complexity index is 289. The van der Waals surface area contributed by atoms with Crippen LogP contribution in [0, 0.1) is 5.92 Å². The van der Waals surface area contributed by atoms with Gasteiger partial charge in [-0.1, -0.05) is 13.8 Å². The Kier molecular flexibility index (Phi) is 2.87. The van der Waals surface area contributed by atoms with Gasteiger partial charge in [0.05, 0.1) is 12.7 Å². The molecule has 1 heterocycles. The second-order valence-electron chi connectivity index (χ2n) is 4.46. The molecule has 0 aliphatic heterocycles. The topological polar surface area (TPSA) is 38.1 Å². The molecule has 14 heavy (non-hydrogen) atoms. The highest BCUT2D eigenvalue weighted by atomic mass is 16.4. The van der Waals surface area contributed by atoms with Crippen molar-refractivity contribution < 1.29 is 4.42 Å². The number of oxazole rings is 1. The quantitative estimate of drug-likeness (QED) is 0.781. The van der Waals surface area contributed by atoms with Crippen LogP contribution in [0.5, 0.6) is 0 Å². The Morgan fingerprint density at radius 2 is 2.36 bits per heavy atom. The van der Waals surface area contributed by atoms with Gasteiger partial charge in [0.2, 0.25) is 5.89 Å². The molecule has 0 aromatic carbocycles. The highest BCUT2D eigenvalue weighted by Crippen LogP contribution is 2.40. The molecule has 2 rings (SSSR count). The van der Waals surface area contributed by atoms with Crippen molar-refractivity contribution >= 4 is 0 Å². The van der Waals surface area contributed by atoms with Crippen LogP contribution in [0.25, 0.3) is 0 Å². The van der Waals surface area contributed by atoms with Crippen molar-refractivity contribution in [3.05, 3.63) is 17.8 Å². The highest BCUT2D eigenvalue weighted by molar-refractivity contribution is 5.08. The maximum atomic E-state index is 5.62. The van der Waals surface area contributed by atoms with E-state index in [1.165, 1.54) is 12.8 Å². The number of aromatic nitrogens is 1. The van der Waals surface area contributed by atoms with Gasteiger partial charge in [-0.15, -0.1) is 0 Å². The number of hydrogen-bond acceptors (Lipinski definition) is 3. The molecule has 1 fully saturated rings. The summed E-state index contributed by atoms with van der Waals surface area (Å²) in [6.45, 7) is 6.16. The van der Waals surface area contributed by atoms with Crippen molar-refractivity contribution in [2.45, 2.75) is 39.2 Å². The second kappa shape index (κ2) is 4.13. The molecule has 0 unspecified atom stereocenters. The van der Waals surface area contributed by atoms with E-state index in [-0.39, 0.29) is 0 Å². The van der Waals surface area contributed by atoms with E-state index in [0.717, 1.165) is 24.7 Å². The van der Waals surface area contributed by atoms with Crippen LogP contribution in [0.4, 0.5) is 0 Å². The zero-order valence-corrected chi connectivity index (χ0v) is 8.92. The molecule has 0 amide bonds. The largest absolute Gasteiger partial charge is 0.444 e. The third-order valence-corrected chi connectivity index (χ3v) is 2.38. The second-order valence-corrected chi connectivity index (χ2v) is 4.46. The van der Waals surface area contributed by atoms with Crippen molar-refractivity contribution in [3.63, 3.8) is 0 Å². The normalized spacial score (nSPS) is 16.5. The molecule has 1 aromatic heterocycles. The third-order valence-electron chi connectivity index (χ3n) is 2.38. The Balaban J connectivity index is 1.78. The van der Waals surface area contributed by atoms with Gasteiger partial charge in [-0.25, -0.2) is 4.98 Å². The lowest BCUT2D eigenvalue weighted by Gasteiger charge is -2.04. The van der Waals surface area contributed by atoms with Crippen LogP contribution >= 0.6 is 0 Å². The average Bonchev–Trinajstić information content (AvgIpc) is 2.87. The zero-order chi connectivity index (χ0) is 9.97. The summed E-state index contributed by atoms with van der Waals surface area (Å²) in [6.07, 6.45) is 4.42. The Hall–Kier alpha value is -0.830. The fourth-order valence-corrected chi connectivity index (χ4v) is 1.43. The first-order valence-corrected chi connectivity index (χ1v) is 5.41. The summed E-state index contributed by atoms with van der Waals surface area (Å²) in [5.41, 5.74) is 0. The van der Waals surface area contributed by atoms with E-state index >= 15 is 0 Å². The maximum Gasteiger partial charge on any atom is 0.208 e. The van der Waals surface area contributed by atoms with Crippen LogP contribution in [0.2, 0.25) is 0 Å². The van der Waals surface area contributed by atoms with Gasteiger partial charge in [0.25, 0.3) is 0 Å². The van der Waals surface area contributed by atoms with Gasteiger partial charge in [-0.05, 0) is 25.3 Å². The minimum atomic E-state index is 0.668. The summed E-state index contributed by atoms with van der Waals surface area (Å²) in [7, 11) is 0. The SMILES string of the molecule is CC(C)CNCc1ncc(C2CC2)o1. The first-order chi connectivity index (χ1) is 6.75. The summed E-state index contributed by atoms with van der Waals surface area (Å²) >= 11 is 0. The lowest BCUT2D eigenvalue weighted by Crippen LogP contribution is -2.19. The van der Waals surface area contributed by atoms with E-state index in [2.05, 4.69) is 24.1 Å². The molecular formula is C11H18N2O. The molecule has 1 aromatic rings. The fraction of sp³-hybridized carbons (Fsp3) is 0.727. The van der Waals surface area contributed by atoms with E-state index in [1.807, 2.05) is 6.20 Å². The first kappa shape index (κ1) is 9.71. The van der Waals surface area contributed by atoms with Crippen LogP contribution < -0.4 is 5.32 Å². The van der Waals surface area contributed by atoms with Crippen LogP contribution in [0.15, 0.2) is 10.6 Å². The zero-order valence-electron chi connectivity index (χ0n) is 8.92. The highest BCUT2D eigenvalue weighted by Gasteiger charge is 2.27.